The Kier molecular flexibility index (Phi) is 5.75. The van der Waals surface area contributed by atoms with Crippen molar-refractivity contribution in [1.82, 2.24) is 9.88 Å². The molecule has 2 aromatic rings. The number of ether oxygens (including phenoxy) is 1. The second-order valence-electron chi connectivity index (χ2n) is 7.82. The van der Waals surface area contributed by atoms with Crippen LogP contribution in [0.1, 0.15) is 46.6 Å². The Morgan fingerprint density at radius 3 is 2.73 bits per heavy atom. The van der Waals surface area contributed by atoms with Crippen molar-refractivity contribution in [3.63, 3.8) is 0 Å². The third-order valence-corrected chi connectivity index (χ3v) is 6.71. The summed E-state index contributed by atoms with van der Waals surface area (Å²) < 4.78 is 4.89. The molecule has 4 rings (SSSR count). The van der Waals surface area contributed by atoms with Gasteiger partial charge in [-0.05, 0) is 43.9 Å². The van der Waals surface area contributed by atoms with E-state index in [0.29, 0.717) is 35.0 Å². The summed E-state index contributed by atoms with van der Waals surface area (Å²) in [7, 11) is 1.40. The number of aryl methyl sites for hydroxylation is 1. The van der Waals surface area contributed by atoms with Crippen LogP contribution in [0.5, 0.6) is 0 Å². The molecule has 0 radical (unpaired) electrons. The zero-order valence-corrected chi connectivity index (χ0v) is 18.4. The molecule has 6 nitrogen and oxygen atoms in total. The molecule has 8 heteroatoms. The first-order valence-electron chi connectivity index (χ1n) is 9.92. The molecule has 2 atom stereocenters. The molecule has 1 aliphatic heterocycles. The fourth-order valence-corrected chi connectivity index (χ4v) is 5.18. The second kappa shape index (κ2) is 8.17. The first-order valence-corrected chi connectivity index (χ1v) is 10.7. The third kappa shape index (κ3) is 3.47. The molecule has 0 saturated heterocycles. The van der Waals surface area contributed by atoms with Crippen molar-refractivity contribution in [2.45, 2.75) is 45.3 Å². The Balaban J connectivity index is 1.77. The number of fused-ring (bicyclic) bond motifs is 1. The summed E-state index contributed by atoms with van der Waals surface area (Å²) in [4.78, 5) is 32.0. The van der Waals surface area contributed by atoms with Crippen molar-refractivity contribution in [2.24, 2.45) is 11.7 Å². The van der Waals surface area contributed by atoms with Gasteiger partial charge in [-0.1, -0.05) is 29.3 Å². The number of esters is 1. The van der Waals surface area contributed by atoms with Gasteiger partial charge in [-0.3, -0.25) is 14.6 Å². The molecule has 1 fully saturated rings. The number of carbonyl (C=O) groups is 2. The second-order valence-corrected chi connectivity index (χ2v) is 8.66. The van der Waals surface area contributed by atoms with Crippen LogP contribution in [-0.2, 0) is 22.6 Å². The van der Waals surface area contributed by atoms with Crippen molar-refractivity contribution < 1.29 is 14.3 Å². The number of benzene rings is 1. The first-order chi connectivity index (χ1) is 14.3. The van der Waals surface area contributed by atoms with Crippen molar-refractivity contribution in [3.8, 4) is 11.1 Å². The van der Waals surface area contributed by atoms with Crippen molar-refractivity contribution >= 4 is 35.1 Å². The maximum Gasteiger partial charge on any atom is 0.308 e. The Labute approximate surface area is 185 Å². The Hall–Kier alpha value is -2.15. The average Bonchev–Trinajstić information content (AvgIpc) is 3.31. The SMILES string of the molecule is COC(=O)[C@@H]1CCC(N2Cc3nc(C)c(CN)c(-c4ccc(Cl)cc4Cl)c3C2=O)C1. The number of carbonyl (C=O) groups excluding carboxylic acids is 2. The monoisotopic (exact) mass is 447 g/mol. The molecule has 1 amide bonds. The lowest BCUT2D eigenvalue weighted by molar-refractivity contribution is -0.145. The molecule has 1 aromatic carbocycles. The van der Waals surface area contributed by atoms with E-state index in [-0.39, 0.29) is 30.4 Å². The Morgan fingerprint density at radius 2 is 2.07 bits per heavy atom. The van der Waals surface area contributed by atoms with Gasteiger partial charge in [0.25, 0.3) is 5.91 Å². The molecule has 2 aliphatic rings. The van der Waals surface area contributed by atoms with Gasteiger partial charge in [0, 0.05) is 39.5 Å². The summed E-state index contributed by atoms with van der Waals surface area (Å²) >= 11 is 12.6. The molecule has 30 heavy (non-hydrogen) atoms. The fourth-order valence-electron chi connectivity index (χ4n) is 4.68. The maximum absolute atomic E-state index is 13.5. The van der Waals surface area contributed by atoms with Crippen molar-refractivity contribution in [2.75, 3.05) is 7.11 Å². The van der Waals surface area contributed by atoms with E-state index in [0.717, 1.165) is 34.5 Å². The van der Waals surface area contributed by atoms with Gasteiger partial charge in [-0.2, -0.15) is 0 Å². The Bertz CT molecular complexity index is 1040. The van der Waals surface area contributed by atoms with E-state index in [1.54, 1.807) is 12.1 Å². The van der Waals surface area contributed by atoms with Crippen LogP contribution in [0.4, 0.5) is 0 Å². The maximum atomic E-state index is 13.5. The lowest BCUT2D eigenvalue weighted by Gasteiger charge is -2.23. The minimum atomic E-state index is -0.213. The largest absolute Gasteiger partial charge is 0.469 e. The predicted molar refractivity (Wildman–Crippen MR) is 115 cm³/mol. The molecule has 1 aromatic heterocycles. The van der Waals surface area contributed by atoms with Crippen LogP contribution >= 0.6 is 23.2 Å². The summed E-state index contributed by atoms with van der Waals surface area (Å²) in [5, 5.41) is 0.983. The van der Waals surface area contributed by atoms with Gasteiger partial charge >= 0.3 is 5.97 Å². The van der Waals surface area contributed by atoms with Crippen molar-refractivity contribution in [3.05, 3.63) is 50.8 Å². The van der Waals surface area contributed by atoms with Gasteiger partial charge < -0.3 is 15.4 Å². The lowest BCUT2D eigenvalue weighted by Crippen LogP contribution is -2.34. The lowest BCUT2D eigenvalue weighted by atomic mass is 9.93. The summed E-state index contributed by atoms with van der Waals surface area (Å²) in [5.41, 5.74) is 10.3. The highest BCUT2D eigenvalue weighted by Gasteiger charge is 2.42. The summed E-state index contributed by atoms with van der Waals surface area (Å²) in [5.74, 6) is -0.477. The highest BCUT2D eigenvalue weighted by molar-refractivity contribution is 6.36. The fraction of sp³-hybridized carbons (Fsp3) is 0.409. The van der Waals surface area contributed by atoms with E-state index in [9.17, 15) is 9.59 Å². The van der Waals surface area contributed by atoms with Gasteiger partial charge in [0.05, 0.1) is 30.8 Å². The molecule has 0 bridgehead atoms. The minimum Gasteiger partial charge on any atom is -0.469 e. The molecular weight excluding hydrogens is 425 g/mol. The topological polar surface area (TPSA) is 85.5 Å². The molecule has 1 aliphatic carbocycles. The van der Waals surface area contributed by atoms with E-state index >= 15 is 0 Å². The van der Waals surface area contributed by atoms with Crippen LogP contribution < -0.4 is 5.73 Å². The van der Waals surface area contributed by atoms with Crippen LogP contribution in [-0.4, -0.2) is 34.9 Å². The number of amides is 1. The van der Waals surface area contributed by atoms with Crippen LogP contribution in [0.2, 0.25) is 10.0 Å². The number of pyridine rings is 1. The molecule has 0 spiro atoms. The van der Waals surface area contributed by atoms with E-state index in [1.165, 1.54) is 7.11 Å². The van der Waals surface area contributed by atoms with E-state index in [1.807, 2.05) is 17.9 Å². The summed E-state index contributed by atoms with van der Waals surface area (Å²) in [6.45, 7) is 2.55. The van der Waals surface area contributed by atoms with Crippen LogP contribution in [0, 0.1) is 12.8 Å². The van der Waals surface area contributed by atoms with Crippen LogP contribution in [0.25, 0.3) is 11.1 Å². The van der Waals surface area contributed by atoms with Crippen LogP contribution in [0.3, 0.4) is 0 Å². The number of nitrogens with zero attached hydrogens (tertiary/aromatic N) is 2. The van der Waals surface area contributed by atoms with E-state index in [2.05, 4.69) is 0 Å². The van der Waals surface area contributed by atoms with Gasteiger partial charge in [0.15, 0.2) is 0 Å². The molecule has 158 valence electrons. The molecule has 1 saturated carbocycles. The van der Waals surface area contributed by atoms with Gasteiger partial charge in [-0.15, -0.1) is 0 Å². The number of halogens is 2. The van der Waals surface area contributed by atoms with Gasteiger partial charge in [-0.25, -0.2) is 0 Å². The first kappa shape index (κ1) is 21.1. The molecule has 2 N–H and O–H groups in total. The van der Waals surface area contributed by atoms with Gasteiger partial charge in [0.2, 0.25) is 0 Å². The molecular formula is C22H23Cl2N3O3. The number of hydrogen-bond donors (Lipinski definition) is 1. The van der Waals surface area contributed by atoms with Crippen molar-refractivity contribution in [1.29, 1.82) is 0 Å². The van der Waals surface area contributed by atoms with Gasteiger partial charge in [0.1, 0.15) is 0 Å². The normalized spacial score (nSPS) is 20.6. The number of hydrogen-bond acceptors (Lipinski definition) is 5. The third-order valence-electron chi connectivity index (χ3n) is 6.16. The summed E-state index contributed by atoms with van der Waals surface area (Å²) in [6.07, 6.45) is 2.08. The molecule has 2 heterocycles. The summed E-state index contributed by atoms with van der Waals surface area (Å²) in [6, 6.07) is 5.21. The highest BCUT2D eigenvalue weighted by Crippen LogP contribution is 2.42. The number of rotatable bonds is 4. The van der Waals surface area contributed by atoms with Crippen LogP contribution in [0.15, 0.2) is 18.2 Å². The van der Waals surface area contributed by atoms with E-state index < -0.39 is 0 Å². The van der Waals surface area contributed by atoms with E-state index in [4.69, 9.17) is 38.7 Å². The Morgan fingerprint density at radius 1 is 1.30 bits per heavy atom. The number of nitrogens with two attached hydrogens (primary N) is 1. The minimum absolute atomic E-state index is 0.0222. The smallest absolute Gasteiger partial charge is 0.308 e. The average molecular weight is 448 g/mol. The zero-order chi connectivity index (χ0) is 21.6. The zero-order valence-electron chi connectivity index (χ0n) is 16.9. The predicted octanol–water partition coefficient (Wildman–Crippen LogP) is 4.12. The standard InChI is InChI=1S/C22H23Cl2N3O3/c1-11-16(9-25)19(15-6-4-13(23)8-17(15)24)20-18(26-11)10-27(21(20)28)14-5-3-12(7-14)22(29)30-2/h4,6,8,12,14H,3,5,7,9-10,25H2,1-2H3/t12-,14?/m1/s1. The number of methoxy groups -OCH3 is 1. The quantitative estimate of drug-likeness (QED) is 0.712. The highest BCUT2D eigenvalue weighted by atomic mass is 35.5. The molecule has 1 unspecified atom stereocenters. The number of aromatic nitrogens is 1.